The van der Waals surface area contributed by atoms with E-state index in [2.05, 4.69) is 0 Å². The summed E-state index contributed by atoms with van der Waals surface area (Å²) in [5.74, 6) is -0.272. The Balaban J connectivity index is 0. The molecular formula is C8H16ClNO2. The van der Waals surface area contributed by atoms with E-state index in [-0.39, 0.29) is 23.0 Å². The molecule has 0 unspecified atom stereocenters. The van der Waals surface area contributed by atoms with Crippen molar-refractivity contribution in [3.63, 3.8) is 0 Å². The molecule has 72 valence electrons. The van der Waals surface area contributed by atoms with Gasteiger partial charge in [0.1, 0.15) is 0 Å². The Morgan fingerprint density at radius 3 is 1.25 bits per heavy atom. The van der Waals surface area contributed by atoms with Crippen LogP contribution in [0.15, 0.2) is 0 Å². The van der Waals surface area contributed by atoms with Crippen LogP contribution in [0.3, 0.4) is 0 Å². The van der Waals surface area contributed by atoms with E-state index in [1.807, 2.05) is 0 Å². The summed E-state index contributed by atoms with van der Waals surface area (Å²) < 4.78 is 0. The molecule has 0 aliphatic rings. The number of amides is 1. The third-order valence-electron chi connectivity index (χ3n) is 1.02. The van der Waals surface area contributed by atoms with Gasteiger partial charge in [-0.15, -0.1) is 0 Å². The molecule has 0 heterocycles. The maximum absolute atomic E-state index is 9.92. The minimum absolute atomic E-state index is 0.00926. The van der Waals surface area contributed by atoms with E-state index >= 15 is 0 Å². The molecule has 0 rings (SSSR count). The maximum atomic E-state index is 9.92. The second kappa shape index (κ2) is 7.10. The second-order valence-corrected chi connectivity index (χ2v) is 3.39. The smallest absolute Gasteiger partial charge is 0.224 e. The van der Waals surface area contributed by atoms with E-state index in [1.165, 1.54) is 0 Å². The molecule has 0 saturated heterocycles. The Morgan fingerprint density at radius 2 is 1.25 bits per heavy atom. The van der Waals surface area contributed by atoms with Crippen LogP contribution in [0.1, 0.15) is 27.7 Å². The molecule has 0 aliphatic heterocycles. The number of carbonyl (C=O) groups is 2. The zero-order chi connectivity index (χ0) is 10.3. The summed E-state index contributed by atoms with van der Waals surface area (Å²) in [7, 11) is 0. The Bertz CT molecular complexity index is 137. The molecule has 0 fully saturated rings. The molecule has 12 heavy (non-hydrogen) atoms. The van der Waals surface area contributed by atoms with Crippen LogP contribution in [0.5, 0.6) is 0 Å². The Labute approximate surface area is 78.3 Å². The maximum Gasteiger partial charge on any atom is 0.224 e. The molecule has 0 radical (unpaired) electrons. The molecule has 1 amide bonds. The minimum Gasteiger partial charge on any atom is -0.369 e. The van der Waals surface area contributed by atoms with Gasteiger partial charge in [-0.05, 0) is 11.6 Å². The van der Waals surface area contributed by atoms with Crippen LogP contribution in [-0.2, 0) is 9.59 Å². The average Bonchev–Trinajstić information content (AvgIpc) is 1.88. The van der Waals surface area contributed by atoms with E-state index < -0.39 is 0 Å². The third kappa shape index (κ3) is 12.1. The highest BCUT2D eigenvalue weighted by molar-refractivity contribution is 6.63. The fourth-order valence-corrected chi connectivity index (χ4v) is 0. The topological polar surface area (TPSA) is 60.2 Å². The van der Waals surface area contributed by atoms with Crippen LogP contribution >= 0.6 is 11.6 Å². The number of hydrogen-bond acceptors (Lipinski definition) is 2. The lowest BCUT2D eigenvalue weighted by atomic mass is 10.2. The Hall–Kier alpha value is -0.570. The van der Waals surface area contributed by atoms with Gasteiger partial charge in [0.25, 0.3) is 0 Å². The van der Waals surface area contributed by atoms with E-state index in [0.29, 0.717) is 0 Å². The van der Waals surface area contributed by atoms with Gasteiger partial charge < -0.3 is 5.73 Å². The van der Waals surface area contributed by atoms with Gasteiger partial charge in [-0.1, -0.05) is 27.7 Å². The van der Waals surface area contributed by atoms with Crippen molar-refractivity contribution in [2.75, 3.05) is 0 Å². The molecule has 3 nitrogen and oxygen atoms in total. The Kier molecular flexibility index (Phi) is 8.27. The van der Waals surface area contributed by atoms with Gasteiger partial charge in [0.15, 0.2) is 0 Å². The average molecular weight is 194 g/mol. The first-order chi connectivity index (χ1) is 5.29. The SMILES string of the molecule is CC(C)C(=O)Cl.CC(C)C(N)=O. The molecule has 0 aliphatic carbocycles. The molecule has 0 atom stereocenters. The number of rotatable bonds is 2. The predicted octanol–water partition coefficient (Wildman–Crippen LogP) is 1.54. The highest BCUT2D eigenvalue weighted by Gasteiger charge is 1.98. The van der Waals surface area contributed by atoms with Gasteiger partial charge in [0.05, 0.1) is 0 Å². The lowest BCUT2D eigenvalue weighted by Crippen LogP contribution is -2.17. The van der Waals surface area contributed by atoms with Crippen molar-refractivity contribution < 1.29 is 9.59 Å². The zero-order valence-corrected chi connectivity index (χ0v) is 8.68. The van der Waals surface area contributed by atoms with Gasteiger partial charge in [-0.2, -0.15) is 0 Å². The summed E-state index contributed by atoms with van der Waals surface area (Å²) in [6, 6.07) is 0. The molecule has 0 aromatic rings. The first-order valence-electron chi connectivity index (χ1n) is 3.77. The summed E-state index contributed by atoms with van der Waals surface area (Å²) in [5, 5.41) is -0.269. The van der Waals surface area contributed by atoms with Crippen LogP contribution in [0, 0.1) is 11.8 Å². The molecule has 0 spiro atoms. The summed E-state index contributed by atoms with van der Waals surface area (Å²) in [5.41, 5.74) is 4.80. The number of carbonyl (C=O) groups excluding carboxylic acids is 2. The quantitative estimate of drug-likeness (QED) is 0.677. The van der Waals surface area contributed by atoms with E-state index in [9.17, 15) is 9.59 Å². The van der Waals surface area contributed by atoms with Crippen molar-refractivity contribution in [3.05, 3.63) is 0 Å². The largest absolute Gasteiger partial charge is 0.369 e. The van der Waals surface area contributed by atoms with Gasteiger partial charge in [-0.3, -0.25) is 9.59 Å². The summed E-state index contributed by atoms with van der Waals surface area (Å²) in [6.45, 7) is 7.05. The lowest BCUT2D eigenvalue weighted by Gasteiger charge is -1.90. The van der Waals surface area contributed by atoms with Crippen molar-refractivity contribution in [1.82, 2.24) is 0 Å². The number of nitrogens with two attached hydrogens (primary N) is 1. The molecule has 0 aromatic heterocycles. The van der Waals surface area contributed by atoms with Gasteiger partial charge in [0, 0.05) is 11.8 Å². The second-order valence-electron chi connectivity index (χ2n) is 3.02. The summed E-state index contributed by atoms with van der Waals surface area (Å²) in [6.07, 6.45) is 0. The third-order valence-corrected chi connectivity index (χ3v) is 1.46. The summed E-state index contributed by atoms with van der Waals surface area (Å²) in [4.78, 5) is 19.8. The van der Waals surface area contributed by atoms with Crippen molar-refractivity contribution in [1.29, 1.82) is 0 Å². The molecular weight excluding hydrogens is 178 g/mol. The lowest BCUT2D eigenvalue weighted by molar-refractivity contribution is -0.120. The van der Waals surface area contributed by atoms with Crippen molar-refractivity contribution >= 4 is 22.8 Å². The van der Waals surface area contributed by atoms with E-state index in [0.717, 1.165) is 0 Å². The van der Waals surface area contributed by atoms with Gasteiger partial charge in [0.2, 0.25) is 11.1 Å². The Morgan fingerprint density at radius 1 is 1.08 bits per heavy atom. The number of primary amides is 1. The zero-order valence-electron chi connectivity index (χ0n) is 7.93. The van der Waals surface area contributed by atoms with Crippen molar-refractivity contribution in [2.45, 2.75) is 27.7 Å². The van der Waals surface area contributed by atoms with Crippen molar-refractivity contribution in [2.24, 2.45) is 17.6 Å². The van der Waals surface area contributed by atoms with Crippen LogP contribution in [0.2, 0.25) is 0 Å². The molecule has 0 saturated carbocycles. The van der Waals surface area contributed by atoms with Crippen LogP contribution < -0.4 is 5.73 Å². The van der Waals surface area contributed by atoms with Crippen LogP contribution in [-0.4, -0.2) is 11.1 Å². The highest BCUT2D eigenvalue weighted by Crippen LogP contribution is 1.95. The molecule has 0 bridgehead atoms. The standard InChI is InChI=1S/C4H7ClO.C4H9NO/c2*1-3(2)4(5)6/h3H,1-2H3;3H,1-2H3,(H2,5,6). The first-order valence-corrected chi connectivity index (χ1v) is 4.15. The minimum atomic E-state index is -0.269. The monoisotopic (exact) mass is 193 g/mol. The van der Waals surface area contributed by atoms with E-state index in [1.54, 1.807) is 27.7 Å². The number of halogens is 1. The molecule has 4 heteroatoms. The van der Waals surface area contributed by atoms with Crippen molar-refractivity contribution in [3.8, 4) is 0 Å². The highest BCUT2D eigenvalue weighted by atomic mass is 35.5. The predicted molar refractivity (Wildman–Crippen MR) is 49.7 cm³/mol. The van der Waals surface area contributed by atoms with Crippen LogP contribution in [0.25, 0.3) is 0 Å². The fraction of sp³-hybridized carbons (Fsp3) is 0.750. The molecule has 0 aromatic carbocycles. The molecule has 2 N–H and O–H groups in total. The van der Waals surface area contributed by atoms with E-state index in [4.69, 9.17) is 17.3 Å². The first kappa shape index (κ1) is 14.0. The fourth-order valence-electron chi connectivity index (χ4n) is 0. The van der Waals surface area contributed by atoms with Gasteiger partial charge >= 0.3 is 0 Å². The summed E-state index contributed by atoms with van der Waals surface area (Å²) >= 11 is 4.97. The van der Waals surface area contributed by atoms with Crippen LogP contribution in [0.4, 0.5) is 0 Å². The number of hydrogen-bond donors (Lipinski definition) is 1. The van der Waals surface area contributed by atoms with Gasteiger partial charge in [-0.25, -0.2) is 0 Å². The normalized spacial score (nSPS) is 9.25.